The number of nitrogens with zero attached hydrogens (tertiary/aromatic N) is 1. The van der Waals surface area contributed by atoms with Gasteiger partial charge in [0.05, 0.1) is 10.8 Å². The Morgan fingerprint density at radius 1 is 1.17 bits per heavy atom. The summed E-state index contributed by atoms with van der Waals surface area (Å²) in [5.41, 5.74) is 1.09. The van der Waals surface area contributed by atoms with Gasteiger partial charge in [-0.3, -0.25) is 9.59 Å². The van der Waals surface area contributed by atoms with Gasteiger partial charge < -0.3 is 10.2 Å². The van der Waals surface area contributed by atoms with Crippen LogP contribution in [0, 0.1) is 5.92 Å². The number of hydrogen-bond donors (Lipinski definition) is 1. The molecule has 0 aliphatic carbocycles. The van der Waals surface area contributed by atoms with Gasteiger partial charge in [0.25, 0.3) is 5.91 Å². The average Bonchev–Trinajstić information content (AvgIpc) is 3.14. The zero-order chi connectivity index (χ0) is 16.1. The molecule has 1 N–H and O–H groups in total. The fraction of sp³-hybridized carbons (Fsp3) is 0.333. The average molecular weight is 328 g/mol. The smallest absolute Gasteiger partial charge is 0.263 e. The van der Waals surface area contributed by atoms with Gasteiger partial charge in [0, 0.05) is 19.6 Å². The van der Waals surface area contributed by atoms with Crippen LogP contribution in [0.5, 0.6) is 0 Å². The summed E-state index contributed by atoms with van der Waals surface area (Å²) in [4.78, 5) is 27.3. The van der Waals surface area contributed by atoms with Gasteiger partial charge in [-0.15, -0.1) is 11.3 Å². The van der Waals surface area contributed by atoms with E-state index < -0.39 is 0 Å². The highest BCUT2D eigenvalue weighted by molar-refractivity contribution is 7.12. The number of rotatable bonds is 4. The molecule has 1 aliphatic heterocycles. The summed E-state index contributed by atoms with van der Waals surface area (Å²) in [5, 5.41) is 4.89. The topological polar surface area (TPSA) is 49.4 Å². The van der Waals surface area contributed by atoms with Gasteiger partial charge in [0.1, 0.15) is 0 Å². The second-order valence-corrected chi connectivity index (χ2v) is 6.72. The van der Waals surface area contributed by atoms with Crippen LogP contribution < -0.4 is 5.32 Å². The number of nitrogens with one attached hydrogen (secondary N) is 1. The lowest BCUT2D eigenvalue weighted by Crippen LogP contribution is -2.45. The molecule has 1 aliphatic rings. The van der Waals surface area contributed by atoms with E-state index in [4.69, 9.17) is 0 Å². The van der Waals surface area contributed by atoms with E-state index in [1.807, 2.05) is 52.7 Å². The summed E-state index contributed by atoms with van der Waals surface area (Å²) < 4.78 is 0. The van der Waals surface area contributed by atoms with E-state index in [1.54, 1.807) is 0 Å². The monoisotopic (exact) mass is 328 g/mol. The van der Waals surface area contributed by atoms with E-state index in [0.29, 0.717) is 13.1 Å². The van der Waals surface area contributed by atoms with Gasteiger partial charge in [-0.25, -0.2) is 0 Å². The van der Waals surface area contributed by atoms with Gasteiger partial charge in [-0.05, 0) is 29.9 Å². The van der Waals surface area contributed by atoms with Crippen LogP contribution in [0.4, 0.5) is 0 Å². The van der Waals surface area contributed by atoms with Crippen molar-refractivity contribution < 1.29 is 9.59 Å². The summed E-state index contributed by atoms with van der Waals surface area (Å²) in [7, 11) is 0. The molecular weight excluding hydrogens is 308 g/mol. The third-order valence-electron chi connectivity index (χ3n) is 4.12. The quantitative estimate of drug-likeness (QED) is 0.938. The minimum atomic E-state index is -0.114. The van der Waals surface area contributed by atoms with Crippen LogP contribution in [0.2, 0.25) is 0 Å². The van der Waals surface area contributed by atoms with Crippen LogP contribution >= 0.6 is 11.3 Å². The molecule has 120 valence electrons. The molecule has 1 aromatic heterocycles. The Morgan fingerprint density at radius 3 is 2.74 bits per heavy atom. The molecule has 1 unspecified atom stereocenters. The van der Waals surface area contributed by atoms with Crippen LogP contribution in [0.25, 0.3) is 0 Å². The highest BCUT2D eigenvalue weighted by Crippen LogP contribution is 2.20. The maximum absolute atomic E-state index is 12.4. The third-order valence-corrected chi connectivity index (χ3v) is 4.98. The third kappa shape index (κ3) is 3.99. The zero-order valence-electron chi connectivity index (χ0n) is 12.9. The van der Waals surface area contributed by atoms with Crippen molar-refractivity contribution in [2.24, 2.45) is 5.92 Å². The molecule has 23 heavy (non-hydrogen) atoms. The molecule has 4 nitrogen and oxygen atoms in total. The molecule has 1 aromatic carbocycles. The lowest BCUT2D eigenvalue weighted by atomic mass is 9.97. The van der Waals surface area contributed by atoms with Crippen LogP contribution in [0.3, 0.4) is 0 Å². The van der Waals surface area contributed by atoms with E-state index in [2.05, 4.69) is 5.32 Å². The van der Waals surface area contributed by atoms with Crippen LogP contribution in [0.15, 0.2) is 47.8 Å². The molecule has 0 bridgehead atoms. The van der Waals surface area contributed by atoms with Crippen LogP contribution in [0.1, 0.15) is 28.1 Å². The van der Waals surface area contributed by atoms with E-state index >= 15 is 0 Å². The van der Waals surface area contributed by atoms with Crippen molar-refractivity contribution in [3.05, 3.63) is 58.3 Å². The van der Waals surface area contributed by atoms with Gasteiger partial charge in [0.15, 0.2) is 0 Å². The lowest BCUT2D eigenvalue weighted by molar-refractivity contribution is -0.126. The Balaban J connectivity index is 1.55. The fourth-order valence-electron chi connectivity index (χ4n) is 2.86. The molecule has 0 radical (unpaired) electrons. The summed E-state index contributed by atoms with van der Waals surface area (Å²) in [6.45, 7) is 1.78. The first-order valence-corrected chi connectivity index (χ1v) is 8.76. The maximum atomic E-state index is 12.4. The number of amides is 2. The molecule has 2 aromatic rings. The second kappa shape index (κ2) is 7.42. The van der Waals surface area contributed by atoms with Gasteiger partial charge in [-0.1, -0.05) is 36.4 Å². The van der Waals surface area contributed by atoms with Crippen molar-refractivity contribution in [3.8, 4) is 0 Å². The minimum absolute atomic E-state index is 0.0394. The van der Waals surface area contributed by atoms with E-state index in [1.165, 1.54) is 11.3 Å². The largest absolute Gasteiger partial charge is 0.352 e. The molecular formula is C18H20N2O2S. The van der Waals surface area contributed by atoms with E-state index in [9.17, 15) is 9.59 Å². The van der Waals surface area contributed by atoms with Crippen molar-refractivity contribution in [3.63, 3.8) is 0 Å². The minimum Gasteiger partial charge on any atom is -0.352 e. The molecule has 0 spiro atoms. The van der Waals surface area contributed by atoms with Crippen molar-refractivity contribution in [1.82, 2.24) is 10.2 Å². The fourth-order valence-corrected chi connectivity index (χ4v) is 3.55. The van der Waals surface area contributed by atoms with E-state index in [0.717, 1.165) is 29.8 Å². The molecule has 0 saturated carbocycles. The Morgan fingerprint density at radius 2 is 2.00 bits per heavy atom. The number of hydrogen-bond acceptors (Lipinski definition) is 3. The Labute approximate surface area is 140 Å². The zero-order valence-corrected chi connectivity index (χ0v) is 13.7. The Hall–Kier alpha value is -2.14. The predicted molar refractivity (Wildman–Crippen MR) is 91.2 cm³/mol. The number of thiophene rings is 1. The van der Waals surface area contributed by atoms with Crippen LogP contribution in [-0.4, -0.2) is 29.8 Å². The first kappa shape index (κ1) is 15.7. The molecule has 3 rings (SSSR count). The summed E-state index contributed by atoms with van der Waals surface area (Å²) in [6, 6.07) is 13.6. The summed E-state index contributed by atoms with van der Waals surface area (Å²) in [5.74, 6) is -0.0329. The number of carbonyl (C=O) groups is 2. The molecule has 2 amide bonds. The second-order valence-electron chi connectivity index (χ2n) is 5.77. The first-order chi connectivity index (χ1) is 11.2. The van der Waals surface area contributed by atoms with Crippen LogP contribution in [-0.2, 0) is 11.3 Å². The highest BCUT2D eigenvalue weighted by atomic mass is 32.1. The highest BCUT2D eigenvalue weighted by Gasteiger charge is 2.29. The SMILES string of the molecule is O=C(NCc1ccccc1)C1CCCN(C(=O)c2cccs2)C1. The van der Waals surface area contributed by atoms with E-state index in [-0.39, 0.29) is 17.7 Å². The number of piperidine rings is 1. The van der Waals surface area contributed by atoms with Gasteiger partial charge in [0.2, 0.25) is 5.91 Å². The Kier molecular flexibility index (Phi) is 5.08. The lowest BCUT2D eigenvalue weighted by Gasteiger charge is -2.31. The molecule has 5 heteroatoms. The molecule has 2 heterocycles. The first-order valence-electron chi connectivity index (χ1n) is 7.88. The number of likely N-dealkylation sites (tertiary alicyclic amines) is 1. The number of benzene rings is 1. The van der Waals surface area contributed by atoms with Gasteiger partial charge in [-0.2, -0.15) is 0 Å². The number of carbonyl (C=O) groups excluding carboxylic acids is 2. The maximum Gasteiger partial charge on any atom is 0.263 e. The summed E-state index contributed by atoms with van der Waals surface area (Å²) >= 11 is 1.45. The molecule has 1 fully saturated rings. The van der Waals surface area contributed by atoms with Crippen molar-refractivity contribution in [2.75, 3.05) is 13.1 Å². The standard InChI is InChI=1S/C18H20N2O2S/c21-17(19-12-14-6-2-1-3-7-14)15-8-4-10-20(13-15)18(22)16-9-5-11-23-16/h1-3,5-7,9,11,15H,4,8,10,12-13H2,(H,19,21). The molecule has 1 saturated heterocycles. The van der Waals surface area contributed by atoms with Crippen molar-refractivity contribution in [2.45, 2.75) is 19.4 Å². The predicted octanol–water partition coefficient (Wildman–Crippen LogP) is 2.92. The van der Waals surface area contributed by atoms with Gasteiger partial charge >= 0.3 is 0 Å². The molecule has 1 atom stereocenters. The Bertz CT molecular complexity index is 655. The summed E-state index contributed by atoms with van der Waals surface area (Å²) in [6.07, 6.45) is 1.72. The van der Waals surface area contributed by atoms with Crippen molar-refractivity contribution >= 4 is 23.2 Å². The van der Waals surface area contributed by atoms with Crippen molar-refractivity contribution in [1.29, 1.82) is 0 Å². The normalized spacial score (nSPS) is 17.7.